The lowest BCUT2D eigenvalue weighted by atomic mass is 9.94. The smallest absolute Gasteiger partial charge is 0.339 e. The third-order valence-electron chi connectivity index (χ3n) is 3.38. The highest BCUT2D eigenvalue weighted by atomic mass is 35.5. The summed E-state index contributed by atoms with van der Waals surface area (Å²) in [6.45, 7) is 7.81. The number of carbonyl (C=O) groups is 1. The van der Waals surface area contributed by atoms with E-state index in [0.717, 1.165) is 0 Å². The second-order valence-electron chi connectivity index (χ2n) is 5.77. The lowest BCUT2D eigenvalue weighted by Crippen LogP contribution is -2.42. The number of methoxy groups -OCH3 is 1. The predicted molar refractivity (Wildman–Crippen MR) is 86.6 cm³/mol. The van der Waals surface area contributed by atoms with Crippen LogP contribution in [0.1, 0.15) is 38.1 Å². The Morgan fingerprint density at radius 1 is 1.18 bits per heavy atom. The molecule has 1 rings (SSSR count). The molecule has 1 aromatic carbocycles. The zero-order chi connectivity index (χ0) is 17.1. The Bertz CT molecular complexity index is 633. The van der Waals surface area contributed by atoms with Gasteiger partial charge >= 0.3 is 5.97 Å². The molecule has 0 aliphatic heterocycles. The minimum Gasteiger partial charge on any atom is -0.465 e. The van der Waals surface area contributed by atoms with Gasteiger partial charge in [0.2, 0.25) is 10.0 Å². The van der Waals surface area contributed by atoms with Crippen molar-refractivity contribution in [2.75, 3.05) is 7.11 Å². The molecule has 0 spiro atoms. The molecule has 0 saturated heterocycles. The van der Waals surface area contributed by atoms with Crippen molar-refractivity contribution in [2.45, 2.75) is 38.6 Å². The summed E-state index contributed by atoms with van der Waals surface area (Å²) in [5, 5.41) is 0.148. The van der Waals surface area contributed by atoms with E-state index in [0.29, 0.717) is 0 Å². The van der Waals surface area contributed by atoms with E-state index in [-0.39, 0.29) is 33.4 Å². The van der Waals surface area contributed by atoms with E-state index in [2.05, 4.69) is 9.46 Å². The minimum absolute atomic E-state index is 0.0106. The van der Waals surface area contributed by atoms with Crippen LogP contribution >= 0.6 is 11.6 Å². The van der Waals surface area contributed by atoms with Gasteiger partial charge in [0.1, 0.15) is 0 Å². The molecule has 7 heteroatoms. The van der Waals surface area contributed by atoms with Crippen LogP contribution in [-0.2, 0) is 14.8 Å². The van der Waals surface area contributed by atoms with Crippen LogP contribution in [0.5, 0.6) is 0 Å². The number of hydrogen-bond acceptors (Lipinski definition) is 4. The summed E-state index contributed by atoms with van der Waals surface area (Å²) >= 11 is 5.91. The number of sulfonamides is 1. The first-order chi connectivity index (χ1) is 10.1. The molecule has 0 unspecified atom stereocenters. The normalized spacial score (nSPS) is 12.2. The van der Waals surface area contributed by atoms with Crippen LogP contribution < -0.4 is 4.72 Å². The van der Waals surface area contributed by atoms with Crippen LogP contribution in [0.4, 0.5) is 0 Å². The first-order valence-corrected chi connectivity index (χ1v) is 8.86. The Morgan fingerprint density at radius 2 is 1.73 bits per heavy atom. The van der Waals surface area contributed by atoms with Crippen LogP contribution in [0, 0.1) is 11.8 Å². The quantitative estimate of drug-likeness (QED) is 0.802. The number of ether oxygens (including phenoxy) is 1. The molecule has 0 aliphatic carbocycles. The average molecular weight is 348 g/mol. The highest BCUT2D eigenvalue weighted by Gasteiger charge is 2.26. The molecule has 5 nitrogen and oxygen atoms in total. The summed E-state index contributed by atoms with van der Waals surface area (Å²) in [6.07, 6.45) is 0. The van der Waals surface area contributed by atoms with Gasteiger partial charge in [-0.3, -0.25) is 0 Å². The average Bonchev–Trinajstić information content (AvgIpc) is 2.43. The van der Waals surface area contributed by atoms with Crippen molar-refractivity contribution >= 4 is 27.6 Å². The number of halogens is 1. The Kier molecular flexibility index (Phi) is 6.40. The van der Waals surface area contributed by atoms with Crippen LogP contribution in [0.25, 0.3) is 0 Å². The van der Waals surface area contributed by atoms with E-state index in [1.54, 1.807) is 0 Å². The van der Waals surface area contributed by atoms with Gasteiger partial charge in [-0.25, -0.2) is 17.9 Å². The van der Waals surface area contributed by atoms with Crippen molar-refractivity contribution in [2.24, 2.45) is 11.8 Å². The van der Waals surface area contributed by atoms with E-state index < -0.39 is 16.0 Å². The van der Waals surface area contributed by atoms with Gasteiger partial charge in [-0.1, -0.05) is 39.3 Å². The fourth-order valence-electron chi connectivity index (χ4n) is 2.23. The third-order valence-corrected chi connectivity index (χ3v) is 5.17. The minimum atomic E-state index is -3.75. The van der Waals surface area contributed by atoms with E-state index in [4.69, 9.17) is 11.6 Å². The van der Waals surface area contributed by atoms with Crippen molar-refractivity contribution in [3.63, 3.8) is 0 Å². The number of hydrogen-bond donors (Lipinski definition) is 1. The van der Waals surface area contributed by atoms with Crippen molar-refractivity contribution in [1.29, 1.82) is 0 Å². The highest BCUT2D eigenvalue weighted by molar-refractivity contribution is 7.89. The highest BCUT2D eigenvalue weighted by Crippen LogP contribution is 2.23. The first-order valence-electron chi connectivity index (χ1n) is 7.00. The molecule has 1 N–H and O–H groups in total. The molecule has 0 bridgehead atoms. The van der Waals surface area contributed by atoms with Gasteiger partial charge < -0.3 is 4.74 Å². The summed E-state index contributed by atoms with van der Waals surface area (Å²) in [4.78, 5) is 11.6. The molecule has 0 atom stereocenters. The maximum absolute atomic E-state index is 12.5. The number of carbonyl (C=O) groups excluding carboxylic acids is 1. The Morgan fingerprint density at radius 3 is 2.18 bits per heavy atom. The van der Waals surface area contributed by atoms with E-state index >= 15 is 0 Å². The molecular formula is C15H22ClNO4S. The van der Waals surface area contributed by atoms with Crippen molar-refractivity contribution in [3.8, 4) is 0 Å². The van der Waals surface area contributed by atoms with E-state index in [1.165, 1.54) is 25.3 Å². The van der Waals surface area contributed by atoms with Gasteiger partial charge in [0.25, 0.3) is 0 Å². The maximum Gasteiger partial charge on any atom is 0.339 e. The molecule has 124 valence electrons. The zero-order valence-corrected chi connectivity index (χ0v) is 15.0. The number of rotatable bonds is 6. The fraction of sp³-hybridized carbons (Fsp3) is 0.533. The van der Waals surface area contributed by atoms with E-state index in [1.807, 2.05) is 27.7 Å². The van der Waals surface area contributed by atoms with Gasteiger partial charge in [0, 0.05) is 6.04 Å². The summed E-state index contributed by atoms with van der Waals surface area (Å²) in [5.41, 5.74) is 0.0256. The fourth-order valence-corrected chi connectivity index (χ4v) is 3.98. The Labute approximate surface area is 137 Å². The molecule has 0 aliphatic rings. The van der Waals surface area contributed by atoms with Crippen LogP contribution in [0.3, 0.4) is 0 Å². The van der Waals surface area contributed by atoms with Gasteiger partial charge in [-0.2, -0.15) is 0 Å². The molecule has 0 amide bonds. The van der Waals surface area contributed by atoms with Crippen molar-refractivity contribution in [3.05, 3.63) is 28.8 Å². The van der Waals surface area contributed by atoms with Gasteiger partial charge in [-0.15, -0.1) is 0 Å². The number of nitrogens with one attached hydrogen (secondary N) is 1. The molecular weight excluding hydrogens is 326 g/mol. The molecule has 0 saturated carbocycles. The molecule has 22 heavy (non-hydrogen) atoms. The molecule has 0 radical (unpaired) electrons. The Balaban J connectivity index is 3.21. The maximum atomic E-state index is 12.5. The number of esters is 1. The molecule has 0 fully saturated rings. The zero-order valence-electron chi connectivity index (χ0n) is 13.4. The summed E-state index contributed by atoms with van der Waals surface area (Å²) in [6, 6.07) is 3.77. The third kappa shape index (κ3) is 4.44. The lowest BCUT2D eigenvalue weighted by molar-refractivity contribution is 0.0600. The lowest BCUT2D eigenvalue weighted by Gasteiger charge is -2.25. The van der Waals surface area contributed by atoms with E-state index in [9.17, 15) is 13.2 Å². The molecule has 1 aromatic rings. The standard InChI is InChI=1S/C15H22ClNO4S/c1-9(2)14(10(3)4)17-22(19,20)11-6-7-13(16)12(8-11)15(18)21-5/h6-10,14,17H,1-5H3. The molecule has 0 aromatic heterocycles. The SMILES string of the molecule is COC(=O)c1cc(S(=O)(=O)NC(C(C)C)C(C)C)ccc1Cl. The monoisotopic (exact) mass is 347 g/mol. The number of benzene rings is 1. The van der Waals surface area contributed by atoms with Gasteiger partial charge in [0.15, 0.2) is 0 Å². The summed E-state index contributed by atoms with van der Waals surface area (Å²) < 4.78 is 32.3. The largest absolute Gasteiger partial charge is 0.465 e. The summed E-state index contributed by atoms with van der Waals surface area (Å²) in [5.74, 6) is -0.393. The van der Waals surface area contributed by atoms with Crippen molar-refractivity contribution < 1.29 is 17.9 Å². The Hall–Kier alpha value is -1.11. The van der Waals surface area contributed by atoms with Crippen molar-refractivity contribution in [1.82, 2.24) is 4.72 Å². The predicted octanol–water partition coefficient (Wildman–Crippen LogP) is 3.09. The van der Waals surface area contributed by atoms with Gasteiger partial charge in [-0.05, 0) is 30.0 Å². The molecule has 0 heterocycles. The second-order valence-corrected chi connectivity index (χ2v) is 7.89. The van der Waals surface area contributed by atoms with Crippen LogP contribution in [0.15, 0.2) is 23.1 Å². The second kappa shape index (κ2) is 7.44. The topological polar surface area (TPSA) is 72.5 Å². The first kappa shape index (κ1) is 18.9. The summed E-state index contributed by atoms with van der Waals surface area (Å²) in [7, 11) is -2.53. The van der Waals surface area contributed by atoms with Crippen LogP contribution in [0.2, 0.25) is 5.02 Å². The van der Waals surface area contributed by atoms with Crippen LogP contribution in [-0.4, -0.2) is 27.5 Å². The van der Waals surface area contributed by atoms with Gasteiger partial charge in [0.05, 0.1) is 22.6 Å².